The Morgan fingerprint density at radius 1 is 1.07 bits per heavy atom. The number of phenolic OH excluding ortho intramolecular Hbond substituents is 1. The quantitative estimate of drug-likeness (QED) is 0.739. The molecule has 0 fully saturated rings. The fraction of sp³-hybridized carbons (Fsp3) is 0.455. The molecule has 1 aromatic carbocycles. The molecule has 1 N–H and O–H groups in total. The number of hydrogen-bond donors (Lipinski definition) is 1. The van der Waals surface area contributed by atoms with E-state index in [2.05, 4.69) is 19.1 Å². The average Bonchev–Trinajstić information content (AvgIpc) is 2.01. The van der Waals surface area contributed by atoms with Gasteiger partial charge in [0.05, 0.1) is 0 Å². The van der Waals surface area contributed by atoms with Gasteiger partial charge in [0.1, 0.15) is 5.75 Å². The van der Waals surface area contributed by atoms with Gasteiger partial charge in [-0.2, -0.15) is 0 Å². The van der Waals surface area contributed by atoms with Gasteiger partial charge in [0.2, 0.25) is 0 Å². The van der Waals surface area contributed by atoms with Crippen LogP contribution >= 0.6 is 0 Å². The van der Waals surface area contributed by atoms with Crippen molar-refractivity contribution >= 4 is 59.1 Å². The summed E-state index contributed by atoms with van der Waals surface area (Å²) >= 11 is 0. The number of aryl methyl sites for hydroxylation is 3. The third-order valence-corrected chi connectivity index (χ3v) is 2.09. The maximum atomic E-state index is 9.50. The van der Waals surface area contributed by atoms with Crippen molar-refractivity contribution in [3.05, 3.63) is 28.8 Å². The number of phenols is 1. The van der Waals surface area contributed by atoms with Gasteiger partial charge in [0.15, 0.2) is 0 Å². The Balaban J connectivity index is 0. The van der Waals surface area contributed by atoms with Gasteiger partial charge in [-0.15, -0.1) is 0 Å². The zero-order valence-electron chi connectivity index (χ0n) is 8.02. The number of hydrogen-bond acceptors (Lipinski definition) is 1. The SMILES string of the molecule is CCCc1cc(C)c(O)c(C)c1.[NaH].[NaH]. The minimum atomic E-state index is 0. The molecule has 1 aromatic rings. The molecule has 0 amide bonds. The van der Waals surface area contributed by atoms with E-state index in [-0.39, 0.29) is 59.1 Å². The first kappa shape index (κ1) is 17.4. The van der Waals surface area contributed by atoms with Crippen molar-refractivity contribution in [1.29, 1.82) is 0 Å². The first-order chi connectivity index (χ1) is 5.65. The zero-order valence-corrected chi connectivity index (χ0v) is 8.02. The standard InChI is InChI=1S/C11H16O.2Na.2H/c1-4-5-10-6-8(2)11(12)9(3)7-10;;;;/h6-7,12H,4-5H2,1-3H3;;;;. The Hall–Kier alpha value is 1.02. The molecule has 70 valence electrons. The van der Waals surface area contributed by atoms with Gasteiger partial charge in [-0.25, -0.2) is 0 Å². The minimum absolute atomic E-state index is 0. The molecule has 1 nitrogen and oxygen atoms in total. The molecule has 0 saturated heterocycles. The van der Waals surface area contributed by atoms with Crippen LogP contribution in [0.4, 0.5) is 0 Å². The summed E-state index contributed by atoms with van der Waals surface area (Å²) < 4.78 is 0. The molecular weight excluding hydrogens is 194 g/mol. The summed E-state index contributed by atoms with van der Waals surface area (Å²) in [6.45, 7) is 6.06. The predicted molar refractivity (Wildman–Crippen MR) is 65.9 cm³/mol. The normalized spacial score (nSPS) is 8.79. The average molecular weight is 212 g/mol. The maximum absolute atomic E-state index is 9.50. The molecule has 0 aliphatic heterocycles. The summed E-state index contributed by atoms with van der Waals surface area (Å²) in [5.74, 6) is 0.440. The molecule has 0 saturated carbocycles. The Labute approximate surface area is 131 Å². The second-order valence-corrected chi connectivity index (χ2v) is 3.33. The Morgan fingerprint density at radius 2 is 1.50 bits per heavy atom. The topological polar surface area (TPSA) is 20.2 Å². The van der Waals surface area contributed by atoms with Crippen molar-refractivity contribution < 1.29 is 5.11 Å². The first-order valence-corrected chi connectivity index (χ1v) is 4.44. The monoisotopic (exact) mass is 212 g/mol. The predicted octanol–water partition coefficient (Wildman–Crippen LogP) is 1.66. The van der Waals surface area contributed by atoms with Crippen LogP contribution in [0.15, 0.2) is 12.1 Å². The molecule has 0 unspecified atom stereocenters. The Morgan fingerprint density at radius 3 is 1.86 bits per heavy atom. The number of benzene rings is 1. The number of rotatable bonds is 2. The molecule has 0 aliphatic rings. The summed E-state index contributed by atoms with van der Waals surface area (Å²) in [6.07, 6.45) is 2.26. The molecule has 0 radical (unpaired) electrons. The molecule has 1 rings (SSSR count). The van der Waals surface area contributed by atoms with E-state index in [1.807, 2.05) is 13.8 Å². The van der Waals surface area contributed by atoms with Gasteiger partial charge in [0.25, 0.3) is 0 Å². The summed E-state index contributed by atoms with van der Waals surface area (Å²) in [5, 5.41) is 9.50. The molecule has 0 atom stereocenters. The van der Waals surface area contributed by atoms with Crippen LogP contribution in [0, 0.1) is 13.8 Å². The van der Waals surface area contributed by atoms with Crippen molar-refractivity contribution in [2.45, 2.75) is 33.6 Å². The van der Waals surface area contributed by atoms with Crippen LogP contribution in [-0.2, 0) is 6.42 Å². The van der Waals surface area contributed by atoms with E-state index in [1.165, 1.54) is 5.56 Å². The van der Waals surface area contributed by atoms with E-state index in [0.29, 0.717) is 5.75 Å². The third-order valence-electron chi connectivity index (χ3n) is 2.09. The fourth-order valence-corrected chi connectivity index (χ4v) is 1.48. The summed E-state index contributed by atoms with van der Waals surface area (Å²) in [6, 6.07) is 4.12. The van der Waals surface area contributed by atoms with E-state index in [0.717, 1.165) is 24.0 Å². The van der Waals surface area contributed by atoms with Crippen molar-refractivity contribution in [2.75, 3.05) is 0 Å². The molecule has 14 heavy (non-hydrogen) atoms. The van der Waals surface area contributed by atoms with Crippen molar-refractivity contribution in [2.24, 2.45) is 0 Å². The second-order valence-electron chi connectivity index (χ2n) is 3.33. The summed E-state index contributed by atoms with van der Waals surface area (Å²) in [7, 11) is 0. The number of aromatic hydroxyl groups is 1. The molecule has 0 spiro atoms. The van der Waals surface area contributed by atoms with Gasteiger partial charge in [-0.3, -0.25) is 0 Å². The summed E-state index contributed by atoms with van der Waals surface area (Å²) in [5.41, 5.74) is 3.29. The van der Waals surface area contributed by atoms with Crippen molar-refractivity contribution in [3.8, 4) is 5.75 Å². The van der Waals surface area contributed by atoms with E-state index in [1.54, 1.807) is 0 Å². The summed E-state index contributed by atoms with van der Waals surface area (Å²) in [4.78, 5) is 0. The second kappa shape index (κ2) is 8.20. The molecule has 0 bridgehead atoms. The molecule has 0 heterocycles. The Kier molecular flexibility index (Phi) is 10.2. The van der Waals surface area contributed by atoms with Gasteiger partial charge >= 0.3 is 59.1 Å². The van der Waals surface area contributed by atoms with Crippen LogP contribution in [0.2, 0.25) is 0 Å². The molecule has 0 aliphatic carbocycles. The van der Waals surface area contributed by atoms with Crippen LogP contribution in [0.5, 0.6) is 5.75 Å². The van der Waals surface area contributed by atoms with E-state index >= 15 is 0 Å². The van der Waals surface area contributed by atoms with Crippen LogP contribution in [0.3, 0.4) is 0 Å². The molecule has 3 heteroatoms. The van der Waals surface area contributed by atoms with Gasteiger partial charge in [0, 0.05) is 0 Å². The van der Waals surface area contributed by atoms with E-state index in [9.17, 15) is 5.11 Å². The van der Waals surface area contributed by atoms with Gasteiger partial charge < -0.3 is 5.11 Å². The van der Waals surface area contributed by atoms with E-state index in [4.69, 9.17) is 0 Å². The first-order valence-electron chi connectivity index (χ1n) is 4.44. The molecule has 0 aromatic heterocycles. The third kappa shape index (κ3) is 4.69. The van der Waals surface area contributed by atoms with Crippen molar-refractivity contribution in [3.63, 3.8) is 0 Å². The molecular formula is C11H18Na2O. The van der Waals surface area contributed by atoms with Crippen LogP contribution in [0.1, 0.15) is 30.0 Å². The van der Waals surface area contributed by atoms with Crippen molar-refractivity contribution in [1.82, 2.24) is 0 Å². The van der Waals surface area contributed by atoms with Crippen LogP contribution in [-0.4, -0.2) is 64.2 Å². The van der Waals surface area contributed by atoms with E-state index < -0.39 is 0 Å². The van der Waals surface area contributed by atoms with Gasteiger partial charge in [-0.1, -0.05) is 25.5 Å². The van der Waals surface area contributed by atoms with Crippen LogP contribution < -0.4 is 0 Å². The fourth-order valence-electron chi connectivity index (χ4n) is 1.48. The van der Waals surface area contributed by atoms with Crippen LogP contribution in [0.25, 0.3) is 0 Å². The van der Waals surface area contributed by atoms with Gasteiger partial charge in [-0.05, 0) is 37.0 Å². The zero-order chi connectivity index (χ0) is 9.14. The Bertz CT molecular complexity index is 262.